The van der Waals surface area contributed by atoms with E-state index in [9.17, 15) is 4.79 Å². The van der Waals surface area contributed by atoms with Crippen LogP contribution < -0.4 is 5.32 Å². The molecule has 0 bridgehead atoms. The van der Waals surface area contributed by atoms with Crippen LogP contribution in [0.15, 0.2) is 0 Å². The van der Waals surface area contributed by atoms with Crippen LogP contribution in [0.4, 0.5) is 0 Å². The molecule has 1 aliphatic carbocycles. The number of aryl methyl sites for hydroxylation is 2. The van der Waals surface area contributed by atoms with Crippen LogP contribution in [0.2, 0.25) is 0 Å². The first-order valence-corrected chi connectivity index (χ1v) is 8.90. The monoisotopic (exact) mass is 321 g/mol. The van der Waals surface area contributed by atoms with Gasteiger partial charge < -0.3 is 10.1 Å². The van der Waals surface area contributed by atoms with Crippen LogP contribution in [0.25, 0.3) is 0 Å². The Bertz CT molecular complexity index is 533. The first kappa shape index (κ1) is 18.0. The number of nitrogens with zero attached hydrogens (tertiary/aromatic N) is 2. The highest BCUT2D eigenvalue weighted by Crippen LogP contribution is 2.24. The maximum absolute atomic E-state index is 12.6. The highest BCUT2D eigenvalue weighted by atomic mass is 16.5. The smallest absolute Gasteiger partial charge is 0.249 e. The molecule has 1 aromatic rings. The minimum Gasteiger partial charge on any atom is -0.365 e. The van der Waals surface area contributed by atoms with Gasteiger partial charge in [-0.15, -0.1) is 0 Å². The van der Waals surface area contributed by atoms with Crippen LogP contribution >= 0.6 is 0 Å². The van der Waals surface area contributed by atoms with Crippen LogP contribution in [-0.4, -0.2) is 27.9 Å². The van der Waals surface area contributed by atoms with Gasteiger partial charge in [0.1, 0.15) is 6.10 Å². The predicted octanol–water partition coefficient (Wildman–Crippen LogP) is 3.34. The van der Waals surface area contributed by atoms with Crippen LogP contribution in [0.1, 0.15) is 75.4 Å². The van der Waals surface area contributed by atoms with Crippen molar-refractivity contribution in [3.63, 3.8) is 0 Å². The maximum atomic E-state index is 12.6. The summed E-state index contributed by atoms with van der Waals surface area (Å²) in [6.07, 6.45) is 6.50. The summed E-state index contributed by atoms with van der Waals surface area (Å²) in [4.78, 5) is 12.6. The van der Waals surface area contributed by atoms with Gasteiger partial charge in [0.2, 0.25) is 5.91 Å². The summed E-state index contributed by atoms with van der Waals surface area (Å²) in [6.45, 7) is 8.05. The molecule has 0 unspecified atom stereocenters. The third-order valence-electron chi connectivity index (χ3n) is 4.93. The van der Waals surface area contributed by atoms with Gasteiger partial charge in [-0.2, -0.15) is 5.10 Å². The Hall–Kier alpha value is -1.36. The van der Waals surface area contributed by atoms with Gasteiger partial charge in [0, 0.05) is 18.3 Å². The Morgan fingerprint density at radius 2 is 2.00 bits per heavy atom. The normalized spacial score (nSPS) is 18.7. The number of rotatable bonds is 6. The summed E-state index contributed by atoms with van der Waals surface area (Å²) >= 11 is 0. The summed E-state index contributed by atoms with van der Waals surface area (Å²) in [7, 11) is 1.93. The molecular formula is C18H31N3O2. The van der Waals surface area contributed by atoms with Crippen molar-refractivity contribution >= 4 is 5.91 Å². The predicted molar refractivity (Wildman–Crippen MR) is 91.3 cm³/mol. The van der Waals surface area contributed by atoms with E-state index in [1.807, 2.05) is 39.4 Å². The Morgan fingerprint density at radius 3 is 2.52 bits per heavy atom. The van der Waals surface area contributed by atoms with E-state index in [1.54, 1.807) is 0 Å². The molecule has 1 heterocycles. The number of aromatic nitrogens is 2. The molecule has 5 heteroatoms. The standard InChI is InChI=1S/C18H31N3O2/c1-6-16(23-15-10-8-7-9-11-15)18(22)19-12(2)17-13(3)20-21(5)14(17)4/h12,15-16H,6-11H2,1-5H3,(H,19,22)/t12-,16-/m0/s1. The second-order valence-corrected chi connectivity index (χ2v) is 6.73. The van der Waals surface area contributed by atoms with Crippen molar-refractivity contribution in [1.82, 2.24) is 15.1 Å². The molecule has 0 saturated heterocycles. The van der Waals surface area contributed by atoms with Crippen LogP contribution in [0.3, 0.4) is 0 Å². The highest BCUT2D eigenvalue weighted by Gasteiger charge is 2.26. The third kappa shape index (κ3) is 4.34. The van der Waals surface area contributed by atoms with Gasteiger partial charge in [-0.25, -0.2) is 0 Å². The highest BCUT2D eigenvalue weighted by molar-refractivity contribution is 5.81. The van der Waals surface area contributed by atoms with Crippen molar-refractivity contribution in [2.24, 2.45) is 7.05 Å². The van der Waals surface area contributed by atoms with E-state index in [0.29, 0.717) is 6.42 Å². The van der Waals surface area contributed by atoms with Gasteiger partial charge in [0.15, 0.2) is 0 Å². The average Bonchev–Trinajstić information content (AvgIpc) is 2.78. The topological polar surface area (TPSA) is 56.1 Å². The molecule has 2 rings (SSSR count). The SMILES string of the molecule is CC[C@H](OC1CCCCC1)C(=O)N[C@@H](C)c1c(C)nn(C)c1C. The average molecular weight is 321 g/mol. The molecule has 1 aliphatic rings. The molecule has 0 radical (unpaired) electrons. The first-order valence-electron chi connectivity index (χ1n) is 8.90. The molecule has 5 nitrogen and oxygen atoms in total. The van der Waals surface area contributed by atoms with E-state index < -0.39 is 0 Å². The fraction of sp³-hybridized carbons (Fsp3) is 0.778. The second kappa shape index (κ2) is 7.95. The van der Waals surface area contributed by atoms with Gasteiger partial charge in [-0.05, 0) is 40.0 Å². The molecular weight excluding hydrogens is 290 g/mol. The maximum Gasteiger partial charge on any atom is 0.249 e. The van der Waals surface area contributed by atoms with E-state index in [-0.39, 0.29) is 24.2 Å². The molecule has 0 spiro atoms. The minimum absolute atomic E-state index is 0.00627. The molecule has 1 aromatic heterocycles. The van der Waals surface area contributed by atoms with Crippen molar-refractivity contribution in [3.8, 4) is 0 Å². The summed E-state index contributed by atoms with van der Waals surface area (Å²) in [5.74, 6) is -0.00627. The Balaban J connectivity index is 1.97. The Labute approximate surface area is 139 Å². The number of carbonyl (C=O) groups is 1. The van der Waals surface area contributed by atoms with E-state index in [2.05, 4.69) is 10.4 Å². The molecule has 1 N–H and O–H groups in total. The summed E-state index contributed by atoms with van der Waals surface area (Å²) in [5, 5.41) is 7.55. The lowest BCUT2D eigenvalue weighted by molar-refractivity contribution is -0.139. The molecule has 23 heavy (non-hydrogen) atoms. The van der Waals surface area contributed by atoms with E-state index in [4.69, 9.17) is 4.74 Å². The van der Waals surface area contributed by atoms with Crippen LogP contribution in [0.5, 0.6) is 0 Å². The van der Waals surface area contributed by atoms with E-state index in [0.717, 1.165) is 29.8 Å². The van der Waals surface area contributed by atoms with Crippen molar-refractivity contribution in [2.75, 3.05) is 0 Å². The van der Waals surface area contributed by atoms with Crippen molar-refractivity contribution in [1.29, 1.82) is 0 Å². The number of carbonyl (C=O) groups excluding carboxylic acids is 1. The summed E-state index contributed by atoms with van der Waals surface area (Å²) < 4.78 is 7.94. The zero-order valence-electron chi connectivity index (χ0n) is 15.2. The summed E-state index contributed by atoms with van der Waals surface area (Å²) in [5.41, 5.74) is 3.17. The molecule has 1 fully saturated rings. The Kier molecular flexibility index (Phi) is 6.22. The van der Waals surface area contributed by atoms with Crippen molar-refractivity contribution in [2.45, 2.75) is 84.5 Å². The quantitative estimate of drug-likeness (QED) is 0.874. The number of hydrogen-bond donors (Lipinski definition) is 1. The number of ether oxygens (including phenoxy) is 1. The van der Waals surface area contributed by atoms with Gasteiger partial charge in [0.25, 0.3) is 0 Å². The largest absolute Gasteiger partial charge is 0.365 e. The van der Waals surface area contributed by atoms with Crippen molar-refractivity contribution in [3.05, 3.63) is 17.0 Å². The minimum atomic E-state index is -0.349. The lowest BCUT2D eigenvalue weighted by atomic mass is 9.97. The van der Waals surface area contributed by atoms with Crippen LogP contribution in [0, 0.1) is 13.8 Å². The van der Waals surface area contributed by atoms with Gasteiger partial charge in [-0.3, -0.25) is 9.48 Å². The molecule has 2 atom stereocenters. The fourth-order valence-electron chi connectivity index (χ4n) is 3.57. The summed E-state index contributed by atoms with van der Waals surface area (Å²) in [6, 6.07) is -0.0554. The third-order valence-corrected chi connectivity index (χ3v) is 4.93. The molecule has 0 aliphatic heterocycles. The van der Waals surface area contributed by atoms with Gasteiger partial charge in [0.05, 0.1) is 17.8 Å². The Morgan fingerprint density at radius 1 is 1.35 bits per heavy atom. The molecule has 1 amide bonds. The van der Waals surface area contributed by atoms with E-state index >= 15 is 0 Å². The first-order chi connectivity index (χ1) is 10.9. The van der Waals surface area contributed by atoms with Crippen LogP contribution in [-0.2, 0) is 16.6 Å². The second-order valence-electron chi connectivity index (χ2n) is 6.73. The van der Waals surface area contributed by atoms with Crippen molar-refractivity contribution < 1.29 is 9.53 Å². The number of amides is 1. The number of nitrogens with one attached hydrogen (secondary N) is 1. The number of hydrogen-bond acceptors (Lipinski definition) is 3. The fourth-order valence-corrected chi connectivity index (χ4v) is 3.57. The lowest BCUT2D eigenvalue weighted by Crippen LogP contribution is -2.40. The van der Waals surface area contributed by atoms with Gasteiger partial charge in [-0.1, -0.05) is 26.2 Å². The molecule has 130 valence electrons. The zero-order valence-corrected chi connectivity index (χ0v) is 15.2. The zero-order chi connectivity index (χ0) is 17.0. The van der Waals surface area contributed by atoms with E-state index in [1.165, 1.54) is 19.3 Å². The molecule has 1 saturated carbocycles. The molecule has 0 aromatic carbocycles. The lowest BCUT2D eigenvalue weighted by Gasteiger charge is -2.27. The van der Waals surface area contributed by atoms with Gasteiger partial charge >= 0.3 is 0 Å².